The first-order chi connectivity index (χ1) is 15.5. The molecule has 0 saturated carbocycles. The van der Waals surface area contributed by atoms with Gasteiger partial charge in [-0.3, -0.25) is 4.79 Å². The molecular weight excluding hydrogens is 462 g/mol. The summed E-state index contributed by atoms with van der Waals surface area (Å²) >= 11 is 0. The number of rotatable bonds is 8. The molecule has 2 aromatic carbocycles. The Kier molecular flexibility index (Phi) is 7.94. The topological polar surface area (TPSA) is 113 Å². The minimum atomic E-state index is -3.67. The van der Waals surface area contributed by atoms with E-state index >= 15 is 0 Å². The summed E-state index contributed by atoms with van der Waals surface area (Å²) in [5.41, 5.74) is 1.71. The van der Waals surface area contributed by atoms with E-state index in [0.29, 0.717) is 30.5 Å². The van der Waals surface area contributed by atoms with Crippen molar-refractivity contribution >= 4 is 26.0 Å². The second-order valence-corrected chi connectivity index (χ2v) is 12.6. The summed E-state index contributed by atoms with van der Waals surface area (Å²) in [6.07, 6.45) is 1.00. The molecule has 180 valence electrons. The van der Waals surface area contributed by atoms with Crippen LogP contribution in [0.1, 0.15) is 41.8 Å². The Labute approximate surface area is 196 Å². The monoisotopic (exact) mass is 493 g/mol. The molecule has 1 aliphatic rings. The first-order valence-corrected chi connectivity index (χ1v) is 14.0. The average Bonchev–Trinajstić information content (AvgIpc) is 2.77. The van der Waals surface area contributed by atoms with Crippen molar-refractivity contribution in [1.29, 1.82) is 0 Å². The molecule has 1 heterocycles. The Balaban J connectivity index is 1.66. The smallest absolute Gasteiger partial charge is 0.251 e. The molecule has 2 aromatic rings. The van der Waals surface area contributed by atoms with E-state index in [4.69, 9.17) is 0 Å². The number of sulfonamides is 2. The quantitative estimate of drug-likeness (QED) is 0.586. The van der Waals surface area contributed by atoms with E-state index in [1.165, 1.54) is 23.5 Å². The average molecular weight is 494 g/mol. The third-order valence-electron chi connectivity index (χ3n) is 5.71. The molecule has 0 aliphatic carbocycles. The van der Waals surface area contributed by atoms with Crippen LogP contribution >= 0.6 is 0 Å². The zero-order valence-corrected chi connectivity index (χ0v) is 20.7. The minimum Gasteiger partial charge on any atom is -0.348 e. The Hall–Kier alpha value is -2.27. The molecule has 0 radical (unpaired) electrons. The molecule has 2 N–H and O–H groups in total. The molecule has 33 heavy (non-hydrogen) atoms. The van der Waals surface area contributed by atoms with Crippen LogP contribution in [0.25, 0.3) is 0 Å². The van der Waals surface area contributed by atoms with Crippen LogP contribution in [0, 0.1) is 11.8 Å². The van der Waals surface area contributed by atoms with Gasteiger partial charge in [-0.25, -0.2) is 21.6 Å². The van der Waals surface area contributed by atoms with Gasteiger partial charge >= 0.3 is 0 Å². The fourth-order valence-corrected chi connectivity index (χ4v) is 6.58. The molecule has 8 nitrogen and oxygen atoms in total. The second-order valence-electron chi connectivity index (χ2n) is 8.76. The van der Waals surface area contributed by atoms with Crippen LogP contribution in [0.4, 0.5) is 0 Å². The molecule has 3 rings (SSSR count). The molecule has 1 saturated heterocycles. The number of carbonyl (C=O) groups is 1. The first kappa shape index (κ1) is 25.4. The molecule has 2 atom stereocenters. The number of benzene rings is 2. The van der Waals surface area contributed by atoms with Gasteiger partial charge in [-0.2, -0.15) is 4.31 Å². The van der Waals surface area contributed by atoms with E-state index in [0.717, 1.165) is 12.0 Å². The molecular formula is C23H31N3O5S2. The highest BCUT2D eigenvalue weighted by atomic mass is 32.2. The highest BCUT2D eigenvalue weighted by Gasteiger charge is 2.31. The molecule has 0 spiro atoms. The van der Waals surface area contributed by atoms with Crippen LogP contribution in [0.15, 0.2) is 53.4 Å². The summed E-state index contributed by atoms with van der Waals surface area (Å²) in [4.78, 5) is 12.8. The highest BCUT2D eigenvalue weighted by Crippen LogP contribution is 2.27. The van der Waals surface area contributed by atoms with E-state index in [-0.39, 0.29) is 28.7 Å². The number of hydrogen-bond donors (Lipinski definition) is 2. The maximum atomic E-state index is 13.1. The molecule has 10 heteroatoms. The van der Waals surface area contributed by atoms with Crippen LogP contribution in [0.2, 0.25) is 0 Å². The van der Waals surface area contributed by atoms with Gasteiger partial charge in [0.05, 0.1) is 10.6 Å². The third kappa shape index (κ3) is 6.63. The molecule has 0 unspecified atom stereocenters. The number of nitrogens with one attached hydrogen (secondary N) is 2. The number of piperidine rings is 1. The van der Waals surface area contributed by atoms with Crippen LogP contribution in [-0.2, 0) is 32.3 Å². The zero-order valence-electron chi connectivity index (χ0n) is 19.1. The SMILES string of the molecule is CNS(=O)(=O)Cc1ccc(CNC(=O)c2cccc(S(=O)(=O)N3C[C@@H](C)C[C@H](C)C3)c2)cc1. The van der Waals surface area contributed by atoms with E-state index < -0.39 is 20.0 Å². The third-order valence-corrected chi connectivity index (χ3v) is 8.88. The summed E-state index contributed by atoms with van der Waals surface area (Å²) in [7, 11) is -5.66. The largest absolute Gasteiger partial charge is 0.348 e. The van der Waals surface area contributed by atoms with E-state index in [9.17, 15) is 21.6 Å². The minimum absolute atomic E-state index is 0.117. The van der Waals surface area contributed by atoms with Crippen LogP contribution < -0.4 is 10.0 Å². The summed E-state index contributed by atoms with van der Waals surface area (Å²) < 4.78 is 53.3. The molecule has 0 aromatic heterocycles. The van der Waals surface area contributed by atoms with Crippen molar-refractivity contribution in [3.8, 4) is 0 Å². The molecule has 1 aliphatic heterocycles. The van der Waals surface area contributed by atoms with Crippen LogP contribution in [0.3, 0.4) is 0 Å². The van der Waals surface area contributed by atoms with Crippen molar-refractivity contribution in [3.63, 3.8) is 0 Å². The zero-order chi connectivity index (χ0) is 24.2. The standard InChI is InChI=1S/C23H31N3O5S2/c1-17-11-18(2)15-26(14-17)33(30,31)22-6-4-5-21(12-22)23(27)25-13-19-7-9-20(10-8-19)16-32(28,29)24-3/h4-10,12,17-18,24H,11,13-16H2,1-3H3,(H,25,27)/t17-,18-/m0/s1. The van der Waals surface area contributed by atoms with Crippen LogP contribution in [0.5, 0.6) is 0 Å². The van der Waals surface area contributed by atoms with Crippen molar-refractivity contribution in [1.82, 2.24) is 14.3 Å². The Morgan fingerprint density at radius 3 is 2.18 bits per heavy atom. The lowest BCUT2D eigenvalue weighted by molar-refractivity contribution is 0.0950. The lowest BCUT2D eigenvalue weighted by Crippen LogP contribution is -2.42. The maximum Gasteiger partial charge on any atom is 0.251 e. The molecule has 1 amide bonds. The number of amides is 1. The van der Waals surface area contributed by atoms with Gasteiger partial charge in [0.1, 0.15) is 0 Å². The summed E-state index contributed by atoms with van der Waals surface area (Å²) in [6, 6.07) is 13.0. The van der Waals surface area contributed by atoms with Gasteiger partial charge in [-0.1, -0.05) is 44.2 Å². The van der Waals surface area contributed by atoms with Gasteiger partial charge < -0.3 is 5.32 Å². The van der Waals surface area contributed by atoms with Gasteiger partial charge in [0.25, 0.3) is 5.91 Å². The predicted molar refractivity (Wildman–Crippen MR) is 127 cm³/mol. The molecule has 0 bridgehead atoms. The van der Waals surface area contributed by atoms with E-state index in [1.807, 2.05) is 13.8 Å². The second kappa shape index (κ2) is 10.3. The van der Waals surface area contributed by atoms with Gasteiger partial charge in [-0.05, 0) is 54.6 Å². The van der Waals surface area contributed by atoms with E-state index in [1.54, 1.807) is 36.4 Å². The van der Waals surface area contributed by atoms with Crippen molar-refractivity contribution in [2.75, 3.05) is 20.1 Å². The lowest BCUT2D eigenvalue weighted by Gasteiger charge is -2.34. The normalized spacial score (nSPS) is 19.8. The van der Waals surface area contributed by atoms with E-state index in [2.05, 4.69) is 10.0 Å². The van der Waals surface area contributed by atoms with Crippen LogP contribution in [-0.4, -0.2) is 47.2 Å². The van der Waals surface area contributed by atoms with Crippen molar-refractivity contribution in [2.24, 2.45) is 11.8 Å². The fourth-order valence-electron chi connectivity index (χ4n) is 4.08. The number of carbonyl (C=O) groups excluding carboxylic acids is 1. The summed E-state index contributed by atoms with van der Waals surface area (Å²) in [6.45, 7) is 5.29. The lowest BCUT2D eigenvalue weighted by atomic mass is 9.94. The van der Waals surface area contributed by atoms with Gasteiger partial charge in [0.15, 0.2) is 0 Å². The van der Waals surface area contributed by atoms with Crippen molar-refractivity contribution < 1.29 is 21.6 Å². The highest BCUT2D eigenvalue weighted by molar-refractivity contribution is 7.89. The number of nitrogens with zero attached hydrogens (tertiary/aromatic N) is 1. The Bertz CT molecular complexity index is 1180. The Morgan fingerprint density at radius 1 is 0.970 bits per heavy atom. The predicted octanol–water partition coefficient (Wildman–Crippen LogP) is 2.33. The van der Waals surface area contributed by atoms with Gasteiger partial charge in [-0.15, -0.1) is 0 Å². The van der Waals surface area contributed by atoms with Gasteiger partial charge in [0, 0.05) is 25.2 Å². The summed E-state index contributed by atoms with van der Waals surface area (Å²) in [5.74, 6) is 0.0835. The van der Waals surface area contributed by atoms with Crippen molar-refractivity contribution in [3.05, 3.63) is 65.2 Å². The fraction of sp³-hybridized carbons (Fsp3) is 0.435. The Morgan fingerprint density at radius 2 is 1.58 bits per heavy atom. The van der Waals surface area contributed by atoms with Gasteiger partial charge in [0.2, 0.25) is 20.0 Å². The summed E-state index contributed by atoms with van der Waals surface area (Å²) in [5, 5.41) is 2.79. The molecule has 1 fully saturated rings. The van der Waals surface area contributed by atoms with Crippen molar-refractivity contribution in [2.45, 2.75) is 37.5 Å². The first-order valence-electron chi connectivity index (χ1n) is 10.9. The number of hydrogen-bond acceptors (Lipinski definition) is 5. The maximum absolute atomic E-state index is 13.1.